The summed E-state index contributed by atoms with van der Waals surface area (Å²) in [5, 5.41) is 10.9. The molecular weight excluding hydrogens is 320 g/mol. The molecule has 0 atom stereocenters. The maximum absolute atomic E-state index is 11.8. The summed E-state index contributed by atoms with van der Waals surface area (Å²) in [6, 6.07) is 8.84. The highest BCUT2D eigenvalue weighted by molar-refractivity contribution is 6.30. The molecule has 3 rings (SSSR count). The lowest BCUT2D eigenvalue weighted by Crippen LogP contribution is -2.24. The van der Waals surface area contributed by atoms with Crippen molar-refractivity contribution in [3.8, 4) is 11.4 Å². The van der Waals surface area contributed by atoms with Crippen molar-refractivity contribution in [1.29, 1.82) is 0 Å². The van der Waals surface area contributed by atoms with Crippen LogP contribution in [0.5, 0.6) is 0 Å². The molecule has 0 bridgehead atoms. The Kier molecular flexibility index (Phi) is 4.38. The topological polar surface area (TPSA) is 94.1 Å². The number of carbonyl (C=O) groups is 1. The number of nitrogens with zero attached hydrogens (tertiary/aromatic N) is 3. The van der Waals surface area contributed by atoms with E-state index in [9.17, 15) is 4.79 Å². The number of aromatic nitrogens is 3. The van der Waals surface area contributed by atoms with Crippen LogP contribution in [0.25, 0.3) is 11.4 Å². The van der Waals surface area contributed by atoms with Crippen molar-refractivity contribution in [2.75, 3.05) is 0 Å². The highest BCUT2D eigenvalue weighted by Gasteiger charge is 2.11. The molecule has 0 aliphatic carbocycles. The van der Waals surface area contributed by atoms with Crippen LogP contribution in [-0.4, -0.2) is 21.2 Å². The van der Waals surface area contributed by atoms with Gasteiger partial charge in [0.2, 0.25) is 17.6 Å². The highest BCUT2D eigenvalue weighted by atomic mass is 35.5. The normalized spacial score (nSPS) is 10.7. The van der Waals surface area contributed by atoms with Crippen molar-refractivity contribution in [2.45, 2.75) is 19.9 Å². The molecule has 2 heterocycles. The Morgan fingerprint density at radius 3 is 2.87 bits per heavy atom. The quantitative estimate of drug-likeness (QED) is 0.771. The third-order valence-corrected chi connectivity index (χ3v) is 3.24. The molecule has 118 valence electrons. The molecule has 1 amide bonds. The van der Waals surface area contributed by atoms with Crippen LogP contribution in [0, 0.1) is 6.92 Å². The van der Waals surface area contributed by atoms with Crippen LogP contribution in [-0.2, 0) is 17.8 Å². The standard InChI is InChI=1S/C15H13ClN4O3/c1-9-5-12(19-22-9)7-13(21)17-8-14-18-15(20-23-14)10-3-2-4-11(16)6-10/h2-6H,7-8H2,1H3,(H,17,21). The first-order chi connectivity index (χ1) is 11.1. The van der Waals surface area contributed by atoms with Crippen molar-refractivity contribution < 1.29 is 13.8 Å². The van der Waals surface area contributed by atoms with E-state index in [1.165, 1.54) is 0 Å². The van der Waals surface area contributed by atoms with Gasteiger partial charge in [-0.25, -0.2) is 0 Å². The third-order valence-electron chi connectivity index (χ3n) is 3.01. The lowest BCUT2D eigenvalue weighted by Gasteiger charge is -1.99. The molecular formula is C15H13ClN4O3. The second-order valence-electron chi connectivity index (χ2n) is 4.90. The van der Waals surface area contributed by atoms with Gasteiger partial charge in [-0.2, -0.15) is 4.98 Å². The van der Waals surface area contributed by atoms with Gasteiger partial charge in [-0.3, -0.25) is 4.79 Å². The third kappa shape index (κ3) is 3.95. The molecule has 0 saturated heterocycles. The molecule has 2 aromatic heterocycles. The molecule has 0 saturated carbocycles. The SMILES string of the molecule is Cc1cc(CC(=O)NCc2nc(-c3cccc(Cl)c3)no2)no1. The Hall–Kier alpha value is -2.67. The van der Waals surface area contributed by atoms with Gasteiger partial charge >= 0.3 is 0 Å². The summed E-state index contributed by atoms with van der Waals surface area (Å²) in [6.45, 7) is 1.91. The van der Waals surface area contributed by atoms with E-state index >= 15 is 0 Å². The first-order valence-electron chi connectivity index (χ1n) is 6.87. The summed E-state index contributed by atoms with van der Waals surface area (Å²) in [5.74, 6) is 1.19. The Morgan fingerprint density at radius 2 is 2.13 bits per heavy atom. The predicted octanol–water partition coefficient (Wildman–Crippen LogP) is 2.55. The van der Waals surface area contributed by atoms with E-state index in [4.69, 9.17) is 20.6 Å². The predicted molar refractivity (Wildman–Crippen MR) is 81.5 cm³/mol. The molecule has 0 aliphatic heterocycles. The highest BCUT2D eigenvalue weighted by Crippen LogP contribution is 2.19. The fourth-order valence-electron chi connectivity index (χ4n) is 1.97. The van der Waals surface area contributed by atoms with E-state index in [1.54, 1.807) is 31.2 Å². The smallest absolute Gasteiger partial charge is 0.246 e. The Morgan fingerprint density at radius 1 is 1.26 bits per heavy atom. The van der Waals surface area contributed by atoms with Crippen molar-refractivity contribution >= 4 is 17.5 Å². The minimum Gasteiger partial charge on any atom is -0.361 e. The summed E-state index contributed by atoms with van der Waals surface area (Å²) in [5.41, 5.74) is 1.32. The first kappa shape index (κ1) is 15.2. The Bertz CT molecular complexity index is 828. The fraction of sp³-hybridized carbons (Fsp3) is 0.200. The maximum Gasteiger partial charge on any atom is 0.246 e. The molecule has 0 aliphatic rings. The molecule has 0 unspecified atom stereocenters. The number of amides is 1. The largest absolute Gasteiger partial charge is 0.361 e. The van der Waals surface area contributed by atoms with Crippen molar-refractivity contribution in [2.24, 2.45) is 0 Å². The van der Waals surface area contributed by atoms with Gasteiger partial charge in [-0.1, -0.05) is 34.0 Å². The van der Waals surface area contributed by atoms with Crippen molar-refractivity contribution in [3.63, 3.8) is 0 Å². The van der Waals surface area contributed by atoms with Crippen LogP contribution in [0.15, 0.2) is 39.4 Å². The summed E-state index contributed by atoms with van der Waals surface area (Å²) >= 11 is 5.93. The average Bonchev–Trinajstić information content (AvgIpc) is 3.14. The monoisotopic (exact) mass is 332 g/mol. The molecule has 7 nitrogen and oxygen atoms in total. The Labute approximate surface area is 136 Å². The lowest BCUT2D eigenvalue weighted by molar-refractivity contribution is -0.120. The van der Waals surface area contributed by atoms with Gasteiger partial charge in [-0.15, -0.1) is 0 Å². The van der Waals surface area contributed by atoms with Gasteiger partial charge in [0.15, 0.2) is 0 Å². The lowest BCUT2D eigenvalue weighted by atomic mass is 10.2. The Balaban J connectivity index is 1.58. The summed E-state index contributed by atoms with van der Waals surface area (Å²) < 4.78 is 10.0. The van der Waals surface area contributed by atoms with Crippen molar-refractivity contribution in [1.82, 2.24) is 20.6 Å². The van der Waals surface area contributed by atoms with Gasteiger partial charge in [0.05, 0.1) is 18.7 Å². The molecule has 0 radical (unpaired) electrons. The molecule has 23 heavy (non-hydrogen) atoms. The summed E-state index contributed by atoms with van der Waals surface area (Å²) in [4.78, 5) is 16.0. The number of benzene rings is 1. The van der Waals surface area contributed by atoms with Crippen LogP contribution in [0.1, 0.15) is 17.3 Å². The fourth-order valence-corrected chi connectivity index (χ4v) is 2.16. The minimum atomic E-state index is -0.208. The zero-order valence-corrected chi connectivity index (χ0v) is 13.0. The molecule has 1 N–H and O–H groups in total. The number of halogens is 1. The van der Waals surface area contributed by atoms with Crippen LogP contribution >= 0.6 is 11.6 Å². The molecule has 0 spiro atoms. The van der Waals surface area contributed by atoms with Gasteiger partial charge in [0.25, 0.3) is 0 Å². The van der Waals surface area contributed by atoms with Crippen molar-refractivity contribution in [3.05, 3.63) is 52.7 Å². The number of aryl methyl sites for hydroxylation is 1. The number of nitrogens with one attached hydrogen (secondary N) is 1. The van der Waals surface area contributed by atoms with E-state index in [2.05, 4.69) is 20.6 Å². The van der Waals surface area contributed by atoms with Crippen LogP contribution < -0.4 is 5.32 Å². The van der Waals surface area contributed by atoms with E-state index in [1.807, 2.05) is 6.07 Å². The number of hydrogen-bond donors (Lipinski definition) is 1. The van der Waals surface area contributed by atoms with Gasteiger partial charge in [0.1, 0.15) is 5.76 Å². The van der Waals surface area contributed by atoms with E-state index < -0.39 is 0 Å². The minimum absolute atomic E-state index is 0.132. The van der Waals surface area contributed by atoms with Gasteiger partial charge < -0.3 is 14.4 Å². The van der Waals surface area contributed by atoms with E-state index in [-0.39, 0.29) is 18.9 Å². The second kappa shape index (κ2) is 6.62. The average molecular weight is 333 g/mol. The molecule has 0 fully saturated rings. The van der Waals surface area contributed by atoms with Crippen LogP contribution in [0.4, 0.5) is 0 Å². The van der Waals surface area contributed by atoms with E-state index in [0.717, 1.165) is 5.56 Å². The summed E-state index contributed by atoms with van der Waals surface area (Å²) in [7, 11) is 0. The zero-order valence-electron chi connectivity index (χ0n) is 12.2. The summed E-state index contributed by atoms with van der Waals surface area (Å²) in [6.07, 6.45) is 0.132. The maximum atomic E-state index is 11.8. The van der Waals surface area contributed by atoms with Crippen LogP contribution in [0.3, 0.4) is 0 Å². The molecule has 8 heteroatoms. The van der Waals surface area contributed by atoms with Crippen LogP contribution in [0.2, 0.25) is 5.02 Å². The molecule has 1 aromatic carbocycles. The second-order valence-corrected chi connectivity index (χ2v) is 5.34. The van der Waals surface area contributed by atoms with Gasteiger partial charge in [-0.05, 0) is 19.1 Å². The zero-order chi connectivity index (χ0) is 16.2. The number of rotatable bonds is 5. The number of carbonyl (C=O) groups excluding carboxylic acids is 1. The molecule has 3 aromatic rings. The van der Waals surface area contributed by atoms with Gasteiger partial charge in [0, 0.05) is 16.7 Å². The van der Waals surface area contributed by atoms with E-state index in [0.29, 0.717) is 28.2 Å². The first-order valence-corrected chi connectivity index (χ1v) is 7.25. The number of hydrogen-bond acceptors (Lipinski definition) is 6.